The van der Waals surface area contributed by atoms with Crippen molar-refractivity contribution in [2.75, 3.05) is 13.1 Å². The van der Waals surface area contributed by atoms with Crippen LogP contribution in [0.3, 0.4) is 0 Å². The van der Waals surface area contributed by atoms with Crippen LogP contribution in [-0.4, -0.2) is 47.1 Å². The van der Waals surface area contributed by atoms with Gasteiger partial charge in [0, 0.05) is 35.8 Å². The molecule has 0 amide bonds. The molecular weight excluding hydrogens is 508 g/mol. The van der Waals surface area contributed by atoms with Crippen molar-refractivity contribution in [2.45, 2.75) is 58.3 Å². The Kier molecular flexibility index (Phi) is 8.48. The number of ether oxygens (including phenoxy) is 2. The number of dihydropyridines is 1. The summed E-state index contributed by atoms with van der Waals surface area (Å²) in [4.78, 5) is 41.3. The molecule has 1 saturated heterocycles. The first kappa shape index (κ1) is 27.3. The van der Waals surface area contributed by atoms with E-state index < -0.39 is 28.9 Å². The Balaban J connectivity index is 1.64. The van der Waals surface area contributed by atoms with E-state index in [0.717, 1.165) is 19.5 Å². The predicted molar refractivity (Wildman–Crippen MR) is 143 cm³/mol. The van der Waals surface area contributed by atoms with Gasteiger partial charge in [0.15, 0.2) is 0 Å². The second-order valence-electron chi connectivity index (χ2n) is 9.71. The number of rotatable bonds is 8. The summed E-state index contributed by atoms with van der Waals surface area (Å²) in [7, 11) is 0. The molecule has 1 fully saturated rings. The molecule has 3 heterocycles. The lowest BCUT2D eigenvalue weighted by molar-refractivity contribution is -0.384. The summed E-state index contributed by atoms with van der Waals surface area (Å²) in [5, 5.41) is 16.5. The number of nitrogens with zero attached hydrogens (tertiary/aromatic N) is 2. The first-order valence-electron chi connectivity index (χ1n) is 12.5. The molecule has 11 heteroatoms. The number of nitrogens with two attached hydrogens (primary N) is 1. The van der Waals surface area contributed by atoms with Gasteiger partial charge in [-0.25, -0.2) is 9.59 Å². The van der Waals surface area contributed by atoms with Crippen LogP contribution in [0.1, 0.15) is 50.0 Å². The number of esters is 2. The van der Waals surface area contributed by atoms with E-state index in [1.807, 2.05) is 11.4 Å². The Hall–Kier alpha value is -3.70. The zero-order valence-electron chi connectivity index (χ0n) is 21.6. The van der Waals surface area contributed by atoms with Crippen molar-refractivity contribution in [3.05, 3.63) is 85.0 Å². The smallest absolute Gasteiger partial charge is 0.338 e. The highest BCUT2D eigenvalue weighted by Gasteiger charge is 2.40. The third kappa shape index (κ3) is 6.22. The summed E-state index contributed by atoms with van der Waals surface area (Å²) in [6, 6.07) is 9.92. The fourth-order valence-electron chi connectivity index (χ4n) is 4.87. The number of piperidine rings is 1. The molecular formula is C27H32N4O6S. The lowest BCUT2D eigenvalue weighted by Gasteiger charge is -2.34. The van der Waals surface area contributed by atoms with Gasteiger partial charge in [-0.2, -0.15) is 0 Å². The van der Waals surface area contributed by atoms with Crippen LogP contribution in [0.5, 0.6) is 0 Å². The molecule has 2 atom stereocenters. The number of nitro groups is 1. The van der Waals surface area contributed by atoms with Gasteiger partial charge in [-0.15, -0.1) is 11.3 Å². The molecule has 1 aromatic carbocycles. The van der Waals surface area contributed by atoms with E-state index in [2.05, 4.69) is 16.3 Å². The van der Waals surface area contributed by atoms with Gasteiger partial charge < -0.3 is 20.5 Å². The number of carbonyl (C=O) groups excluding carboxylic acids is 2. The fraction of sp³-hybridized carbons (Fsp3) is 0.407. The maximum atomic E-state index is 13.7. The van der Waals surface area contributed by atoms with Crippen molar-refractivity contribution >= 4 is 29.0 Å². The predicted octanol–water partition coefficient (Wildman–Crippen LogP) is 3.95. The van der Waals surface area contributed by atoms with E-state index in [4.69, 9.17) is 15.2 Å². The van der Waals surface area contributed by atoms with Gasteiger partial charge in [0.05, 0.1) is 28.1 Å². The molecule has 2 aliphatic rings. The molecule has 0 bridgehead atoms. The number of nitro benzene ring substituents is 1. The normalized spacial score (nSPS) is 20.3. The maximum Gasteiger partial charge on any atom is 0.338 e. The summed E-state index contributed by atoms with van der Waals surface area (Å²) < 4.78 is 11.4. The van der Waals surface area contributed by atoms with Gasteiger partial charge in [-0.3, -0.25) is 15.0 Å². The van der Waals surface area contributed by atoms with Gasteiger partial charge in [0.2, 0.25) is 0 Å². The number of hydrogen-bond acceptors (Lipinski definition) is 10. The van der Waals surface area contributed by atoms with E-state index in [1.54, 1.807) is 38.2 Å². The summed E-state index contributed by atoms with van der Waals surface area (Å²) >= 11 is 1.68. The summed E-state index contributed by atoms with van der Waals surface area (Å²) in [5.74, 6) is -2.27. The van der Waals surface area contributed by atoms with Crippen molar-refractivity contribution in [1.29, 1.82) is 0 Å². The molecule has 3 N–H and O–H groups in total. The number of carbonyl (C=O) groups is 2. The zero-order valence-corrected chi connectivity index (χ0v) is 22.5. The molecule has 10 nitrogen and oxygen atoms in total. The largest absolute Gasteiger partial charge is 0.460 e. The minimum atomic E-state index is -0.999. The second kappa shape index (κ2) is 11.8. The summed E-state index contributed by atoms with van der Waals surface area (Å²) in [6.45, 7) is 7.35. The second-order valence-corrected chi connectivity index (χ2v) is 10.7. The number of thiophene rings is 1. The van der Waals surface area contributed by atoms with E-state index in [0.29, 0.717) is 24.2 Å². The third-order valence-corrected chi connectivity index (χ3v) is 7.35. The average Bonchev–Trinajstić information content (AvgIpc) is 3.36. The Morgan fingerprint density at radius 1 is 1.24 bits per heavy atom. The summed E-state index contributed by atoms with van der Waals surface area (Å²) in [5.41, 5.74) is 7.11. The van der Waals surface area contributed by atoms with Crippen LogP contribution in [0, 0.1) is 10.1 Å². The highest BCUT2D eigenvalue weighted by Crippen LogP contribution is 2.40. The molecule has 2 aliphatic heterocycles. The number of hydrogen-bond donors (Lipinski definition) is 2. The van der Waals surface area contributed by atoms with Gasteiger partial charge in [0.1, 0.15) is 11.9 Å². The first-order valence-corrected chi connectivity index (χ1v) is 13.4. The summed E-state index contributed by atoms with van der Waals surface area (Å²) in [6.07, 6.45) is 0.797. The average molecular weight is 541 g/mol. The molecule has 2 unspecified atom stereocenters. The van der Waals surface area contributed by atoms with Crippen LogP contribution in [0.4, 0.5) is 5.69 Å². The van der Waals surface area contributed by atoms with Crippen molar-refractivity contribution in [1.82, 2.24) is 10.2 Å². The van der Waals surface area contributed by atoms with Crippen LogP contribution in [0.2, 0.25) is 0 Å². The highest BCUT2D eigenvalue weighted by molar-refractivity contribution is 7.09. The van der Waals surface area contributed by atoms with Crippen LogP contribution in [0.15, 0.2) is 64.4 Å². The quantitative estimate of drug-likeness (QED) is 0.290. The van der Waals surface area contributed by atoms with E-state index in [9.17, 15) is 19.7 Å². The molecule has 1 aromatic heterocycles. The topological polar surface area (TPSA) is 137 Å². The Morgan fingerprint density at radius 3 is 2.71 bits per heavy atom. The molecule has 38 heavy (non-hydrogen) atoms. The van der Waals surface area contributed by atoms with Crippen LogP contribution >= 0.6 is 11.3 Å². The van der Waals surface area contributed by atoms with Crippen LogP contribution < -0.4 is 11.1 Å². The number of nitrogens with one attached hydrogen (secondary N) is 1. The van der Waals surface area contributed by atoms with Crippen LogP contribution in [0.25, 0.3) is 0 Å². The lowest BCUT2D eigenvalue weighted by atomic mass is 9.81. The van der Waals surface area contributed by atoms with E-state index >= 15 is 0 Å². The number of non-ortho nitro benzene ring substituents is 1. The van der Waals surface area contributed by atoms with Gasteiger partial charge in [-0.05, 0) is 57.2 Å². The SMILES string of the molecule is CC1=C(C(=O)OC(C)C)C(c2cccc([N+](=O)[O-])c2)C(C(=O)OC2CCCN(Cc3cccs3)C2)=C(N)N1. The highest BCUT2D eigenvalue weighted by atomic mass is 32.1. The Labute approximate surface area is 225 Å². The molecule has 0 radical (unpaired) electrons. The van der Waals surface area contributed by atoms with Gasteiger partial charge >= 0.3 is 11.9 Å². The minimum absolute atomic E-state index is 0.0298. The van der Waals surface area contributed by atoms with Gasteiger partial charge in [0.25, 0.3) is 5.69 Å². The number of likely N-dealkylation sites (tertiary alicyclic amines) is 1. The van der Waals surface area contributed by atoms with Crippen molar-refractivity contribution in [3.63, 3.8) is 0 Å². The monoisotopic (exact) mass is 540 g/mol. The van der Waals surface area contributed by atoms with Crippen molar-refractivity contribution < 1.29 is 24.0 Å². The molecule has 4 rings (SSSR count). The Bertz CT molecular complexity index is 1270. The van der Waals surface area contributed by atoms with Gasteiger partial charge in [-0.1, -0.05) is 18.2 Å². The third-order valence-electron chi connectivity index (χ3n) is 6.49. The Morgan fingerprint density at radius 2 is 2.03 bits per heavy atom. The molecule has 0 spiro atoms. The molecule has 202 valence electrons. The van der Waals surface area contributed by atoms with E-state index in [1.165, 1.54) is 23.1 Å². The minimum Gasteiger partial charge on any atom is -0.460 e. The maximum absolute atomic E-state index is 13.7. The van der Waals surface area contributed by atoms with Crippen molar-refractivity contribution in [2.24, 2.45) is 5.73 Å². The standard InChI is InChI=1S/C27H32N4O6S/c1-16(2)36-26(32)22-17(3)29-25(28)24(23(22)18-7-4-8-19(13-18)31(34)35)27(33)37-20-9-5-11-30(14-20)15-21-10-6-12-38-21/h4,6-8,10,12-13,16,20,23,29H,5,9,11,14-15,28H2,1-3H3. The molecule has 0 aliphatic carbocycles. The first-order chi connectivity index (χ1) is 18.1. The van der Waals surface area contributed by atoms with Crippen LogP contribution in [-0.2, 0) is 25.6 Å². The molecule has 2 aromatic rings. The zero-order chi connectivity index (χ0) is 27.4. The van der Waals surface area contributed by atoms with Crippen molar-refractivity contribution in [3.8, 4) is 0 Å². The lowest BCUT2D eigenvalue weighted by Crippen LogP contribution is -2.42. The number of allylic oxidation sites excluding steroid dienone is 1. The number of benzene rings is 1. The van der Waals surface area contributed by atoms with E-state index in [-0.39, 0.29) is 28.8 Å². The molecule has 0 saturated carbocycles. The fourth-order valence-corrected chi connectivity index (χ4v) is 5.62.